The van der Waals surface area contributed by atoms with Gasteiger partial charge in [0, 0.05) is 138 Å². The molecule has 4 aliphatic rings. The quantitative estimate of drug-likeness (QED) is 0.0351. The molecule has 29 nitrogen and oxygen atoms in total. The van der Waals surface area contributed by atoms with Gasteiger partial charge in [0.05, 0.1) is 65.1 Å². The van der Waals surface area contributed by atoms with Crippen molar-refractivity contribution in [2.75, 3.05) is 102 Å². The van der Waals surface area contributed by atoms with E-state index >= 15 is 0 Å². The Morgan fingerprint density at radius 3 is 1.11 bits per heavy atom. The van der Waals surface area contributed by atoms with Crippen molar-refractivity contribution < 1.29 is 42.5 Å². The minimum absolute atomic E-state index is 0.208. The van der Waals surface area contributed by atoms with Gasteiger partial charge in [-0.05, 0) is 270 Å². The van der Waals surface area contributed by atoms with Crippen LogP contribution < -0.4 is 40.2 Å². The zero-order valence-electron chi connectivity index (χ0n) is 73.7. The fourth-order valence-electron chi connectivity index (χ4n) is 16.1. The second-order valence-corrected chi connectivity index (χ2v) is 36.5. The predicted octanol–water partition coefficient (Wildman–Crippen LogP) is 18.3. The van der Waals surface area contributed by atoms with Crippen LogP contribution in [-0.2, 0) is 7.05 Å². The molecule has 8 N–H and O–H groups in total. The highest BCUT2D eigenvalue weighted by molar-refractivity contribution is 7.15. The third-order valence-electron chi connectivity index (χ3n) is 23.8. The number of thiazole rings is 2. The Hall–Kier alpha value is -13.4. The first-order valence-electron chi connectivity index (χ1n) is 43.5. The van der Waals surface area contributed by atoms with Crippen molar-refractivity contribution in [3.8, 4) is 66.4 Å². The normalized spacial score (nSPS) is 15.2. The minimum atomic E-state index is -0.387. The van der Waals surface area contributed by atoms with Crippen molar-refractivity contribution in [3.63, 3.8) is 0 Å². The molecule has 0 spiro atoms. The lowest BCUT2D eigenvalue weighted by atomic mass is 10.1. The summed E-state index contributed by atoms with van der Waals surface area (Å²) in [5.41, 5.74) is 13.2. The van der Waals surface area contributed by atoms with E-state index in [0.29, 0.717) is 61.2 Å². The third kappa shape index (κ3) is 21.6. The van der Waals surface area contributed by atoms with Crippen LogP contribution in [0.5, 0.6) is 23.0 Å². The number of aromatic amines is 4. The number of carbonyl (C=O) groups is 4. The first-order chi connectivity index (χ1) is 63.0. The summed E-state index contributed by atoms with van der Waals surface area (Å²) >= 11 is 4.45. The van der Waals surface area contributed by atoms with Gasteiger partial charge in [0.2, 0.25) is 0 Å². The third-order valence-corrected chi connectivity index (χ3v) is 26.4. The number of amides is 4. The van der Waals surface area contributed by atoms with Gasteiger partial charge in [-0.25, -0.2) is 19.3 Å². The number of imidazole rings is 1. The highest BCUT2D eigenvalue weighted by atomic mass is 32.1. The van der Waals surface area contributed by atoms with Crippen molar-refractivity contribution in [3.05, 3.63) is 238 Å². The number of piperidine rings is 4. The molecule has 8 aromatic heterocycles. The van der Waals surface area contributed by atoms with Crippen LogP contribution in [-0.4, -0.2) is 213 Å². The van der Waals surface area contributed by atoms with Crippen molar-refractivity contribution in [1.82, 2.24) is 84.3 Å². The number of ether oxygens (including phenoxy) is 4. The molecule has 4 fully saturated rings. The number of fused-ring (bicyclic) bond motifs is 4. The molecule has 0 bridgehead atoms. The van der Waals surface area contributed by atoms with E-state index in [2.05, 4.69) is 129 Å². The summed E-state index contributed by atoms with van der Waals surface area (Å²) in [6.45, 7) is 16.2. The lowest BCUT2D eigenvalue weighted by molar-refractivity contribution is 0.101. The van der Waals surface area contributed by atoms with Crippen molar-refractivity contribution in [1.29, 1.82) is 0 Å². The summed E-state index contributed by atoms with van der Waals surface area (Å²) in [5.74, 6) is 2.66. The number of rotatable bonds is 20. The Morgan fingerprint density at radius 2 is 0.762 bits per heavy atom. The summed E-state index contributed by atoms with van der Waals surface area (Å²) in [6, 6.07) is 52.7. The Balaban J connectivity index is 0.000000121. The summed E-state index contributed by atoms with van der Waals surface area (Å²) in [4.78, 5) is 75.9. The fourth-order valence-corrected chi connectivity index (χ4v) is 18.3. The van der Waals surface area contributed by atoms with Gasteiger partial charge < -0.3 is 64.4 Å². The van der Waals surface area contributed by atoms with Crippen LogP contribution in [0.2, 0.25) is 0 Å². The molecule has 4 aliphatic heterocycles. The zero-order valence-corrected chi connectivity index (χ0v) is 76.2. The van der Waals surface area contributed by atoms with E-state index in [-0.39, 0.29) is 59.6 Å². The van der Waals surface area contributed by atoms with E-state index in [1.165, 1.54) is 28.9 Å². The average Bonchev–Trinajstić information content (AvgIpc) is 1.57. The van der Waals surface area contributed by atoms with E-state index in [9.17, 15) is 23.6 Å². The van der Waals surface area contributed by atoms with Crippen LogP contribution in [0.25, 0.3) is 87.0 Å². The number of aryl methyl sites for hydroxylation is 4. The maximum atomic E-state index is 14.6. The number of nitrogens with one attached hydrogen (secondary N) is 8. The Labute approximate surface area is 762 Å². The molecular weight excluding hydrogens is 1700 g/mol. The number of aromatic nitrogens is 13. The van der Waals surface area contributed by atoms with Crippen LogP contribution in [0.4, 0.5) is 27.1 Å². The molecule has 16 aromatic rings. The lowest BCUT2D eigenvalue weighted by Gasteiger charge is -2.29. The highest BCUT2D eigenvalue weighted by Crippen LogP contribution is 2.37. The number of likely N-dealkylation sites (tertiary alicyclic amines) is 4. The minimum Gasteiger partial charge on any atom is -0.490 e. The highest BCUT2D eigenvalue weighted by Gasteiger charge is 2.27. The maximum Gasteiger partial charge on any atom is 0.276 e. The van der Waals surface area contributed by atoms with E-state index in [1.807, 2.05) is 209 Å². The first-order valence-corrected chi connectivity index (χ1v) is 46.0. The van der Waals surface area contributed by atoms with Gasteiger partial charge in [-0.3, -0.25) is 39.6 Å². The SMILES string of the molecule is Cc1cc(-c2ccc3[nH]nc(C(=O)Nc4ccc(OC5CCN(C)CC5)cc4)c3c2)sn1.Cc1nc(-c2ccc3[nH]nc(C(=O)Nc4ccc(OC5CCN(C)CC5)cc4)c3c2)cs1.Cc1ncc(-c2cc3c(C(=O)Nc4ccc(OC5CCN(C)CC5)cc4)n[nH]c3cc2F)s1.Cc1ncc(-c2ccc3[nH]nc(C(=O)Nc4ccc(OC5CCN(C)CC5)cc4)c3c2)n1C. The topological polar surface area (TPSA) is 337 Å². The average molecular weight is 1810 g/mol. The summed E-state index contributed by atoms with van der Waals surface area (Å²) in [6.07, 6.45) is 12.6. The van der Waals surface area contributed by atoms with E-state index in [1.54, 1.807) is 23.6 Å². The second-order valence-electron chi connectivity index (χ2n) is 33.4. The molecule has 668 valence electrons. The van der Waals surface area contributed by atoms with E-state index in [4.69, 9.17) is 18.9 Å². The molecular formula is C97H102FN21O8S3. The van der Waals surface area contributed by atoms with E-state index < -0.39 is 0 Å². The summed E-state index contributed by atoms with van der Waals surface area (Å²) in [7, 11) is 10.5. The molecule has 0 radical (unpaired) electrons. The Morgan fingerprint density at radius 1 is 0.400 bits per heavy atom. The Kier molecular flexibility index (Phi) is 27.3. The number of halogens is 1. The van der Waals surface area contributed by atoms with Gasteiger partial charge in [-0.15, -0.1) is 22.7 Å². The van der Waals surface area contributed by atoms with Gasteiger partial charge in [-0.1, -0.05) is 18.2 Å². The molecule has 130 heavy (non-hydrogen) atoms. The number of carbonyl (C=O) groups excluding carboxylic acids is 4. The summed E-state index contributed by atoms with van der Waals surface area (Å²) in [5, 5.41) is 46.9. The molecule has 20 rings (SSSR count). The number of benzene rings is 8. The molecule has 8 aromatic carbocycles. The van der Waals surface area contributed by atoms with Crippen LogP contribution in [0.3, 0.4) is 0 Å². The molecule has 0 saturated carbocycles. The monoisotopic (exact) mass is 1800 g/mol. The van der Waals surface area contributed by atoms with Gasteiger partial charge in [0.25, 0.3) is 23.6 Å². The predicted molar refractivity (Wildman–Crippen MR) is 511 cm³/mol. The van der Waals surface area contributed by atoms with Crippen LogP contribution in [0.1, 0.15) is 115 Å². The molecule has 12 heterocycles. The van der Waals surface area contributed by atoms with Gasteiger partial charge in [-0.2, -0.15) is 24.8 Å². The van der Waals surface area contributed by atoms with Crippen molar-refractivity contribution in [2.24, 2.45) is 7.05 Å². The van der Waals surface area contributed by atoms with E-state index in [0.717, 1.165) is 214 Å². The van der Waals surface area contributed by atoms with Crippen LogP contribution in [0.15, 0.2) is 188 Å². The number of H-pyrrole nitrogens is 4. The molecule has 0 aliphatic carbocycles. The molecule has 4 amide bonds. The second kappa shape index (κ2) is 40.1. The number of nitrogens with zero attached hydrogens (tertiary/aromatic N) is 13. The van der Waals surface area contributed by atoms with Crippen LogP contribution >= 0.6 is 34.2 Å². The standard InChI is InChI=1S/C25H28N6O2.C24H24FN5O2S.2C24H25N5O2S/c1-16-26-15-23(31(16)3)17-4-9-22-21(14-17)24(29-28-22)25(32)27-18-5-7-19(8-6-18)33-20-10-12-30(2)13-11-20;1-14-26-13-22(33-14)18-11-19-21(12-20(18)25)28-29-23(19)24(31)27-15-3-5-16(6-4-15)32-17-7-9-30(2)10-8-17;1-15-25-22(14-32-15)16-3-8-21-20(13-16)23(28-27-21)24(30)26-17-4-6-18(7-5-17)31-19-9-11-29(2)12-10-19;1-15-13-22(32-28-15)16-3-8-21-20(14-16)23(27-26-21)24(30)25-17-4-6-18(7-5-17)31-19-9-11-29(2)12-10-19/h4-9,14-15,20H,10-13H2,1-3H3,(H,27,32)(H,28,29);3-6,11-13,17H,7-10H2,1-2H3,(H,27,31)(H,28,29);3-8,13-14,19H,9-12H2,1-2H3,(H,26,30)(H,27,28);3-8,13-14,19H,9-12H2,1-2H3,(H,25,30)(H,26,27). The molecule has 0 atom stereocenters. The lowest BCUT2D eigenvalue weighted by Crippen LogP contribution is -2.35. The molecule has 4 saturated heterocycles. The van der Waals surface area contributed by atoms with Gasteiger partial charge in [0.15, 0.2) is 22.8 Å². The van der Waals surface area contributed by atoms with Gasteiger partial charge in [0.1, 0.15) is 59.1 Å². The number of hydrogen-bond donors (Lipinski definition) is 8. The largest absolute Gasteiger partial charge is 0.490 e. The Bertz CT molecular complexity index is 6450. The molecule has 0 unspecified atom stereocenters. The van der Waals surface area contributed by atoms with Gasteiger partial charge >= 0.3 is 0 Å². The van der Waals surface area contributed by atoms with Crippen molar-refractivity contribution >= 4 is 124 Å². The van der Waals surface area contributed by atoms with Crippen molar-refractivity contribution in [2.45, 2.75) is 103 Å². The zero-order chi connectivity index (χ0) is 90.1. The first kappa shape index (κ1) is 88.6. The maximum absolute atomic E-state index is 14.6. The number of anilines is 4. The van der Waals surface area contributed by atoms with Crippen LogP contribution in [0, 0.1) is 33.5 Å². The molecule has 33 heteroatoms. The number of hydrogen-bond acceptors (Lipinski definition) is 23. The smallest absolute Gasteiger partial charge is 0.276 e. The fraction of sp³-hybridized carbons (Fsp3) is 0.299. The summed E-state index contributed by atoms with van der Waals surface area (Å²) < 4.78 is 45.3.